The molecule has 0 aromatic rings. The molecule has 0 aromatic heterocycles. The van der Waals surface area contributed by atoms with Crippen LogP contribution in [0.1, 0.15) is 34.1 Å². The summed E-state index contributed by atoms with van der Waals surface area (Å²) in [4.78, 5) is 2.36. The molecule has 1 unspecified atom stereocenters. The molecule has 3 heteroatoms. The van der Waals surface area contributed by atoms with Crippen molar-refractivity contribution in [1.82, 2.24) is 10.2 Å². The summed E-state index contributed by atoms with van der Waals surface area (Å²) in [6.07, 6.45) is 1.19. The molecule has 0 aliphatic carbocycles. The summed E-state index contributed by atoms with van der Waals surface area (Å²) >= 11 is 0. The molecule has 0 aliphatic heterocycles. The molecule has 0 saturated heterocycles. The molecule has 0 spiro atoms. The zero-order chi connectivity index (χ0) is 11.9. The van der Waals surface area contributed by atoms with E-state index < -0.39 is 0 Å². The van der Waals surface area contributed by atoms with Crippen molar-refractivity contribution in [1.29, 1.82) is 0 Å². The van der Waals surface area contributed by atoms with Gasteiger partial charge in [-0.05, 0) is 20.4 Å². The standard InChI is InChI=1S/C12H28N2O/c1-6-11(2)14(5)8-7-13-9-12(3,4)10-15/h11,13,15H,6-10H2,1-5H3. The summed E-state index contributed by atoms with van der Waals surface area (Å²) in [6, 6.07) is 0.651. The van der Waals surface area contributed by atoms with Crippen LogP contribution < -0.4 is 5.32 Å². The second-order valence-corrected chi connectivity index (χ2v) is 5.24. The Bertz CT molecular complexity index is 160. The van der Waals surface area contributed by atoms with Crippen molar-refractivity contribution in [3.63, 3.8) is 0 Å². The SMILES string of the molecule is CCC(C)N(C)CCNCC(C)(C)CO. The highest BCUT2D eigenvalue weighted by Gasteiger charge is 2.15. The molecule has 3 nitrogen and oxygen atoms in total. The fourth-order valence-corrected chi connectivity index (χ4v) is 1.27. The van der Waals surface area contributed by atoms with Gasteiger partial charge in [0.15, 0.2) is 0 Å². The van der Waals surface area contributed by atoms with Gasteiger partial charge in [-0.1, -0.05) is 20.8 Å². The summed E-state index contributed by atoms with van der Waals surface area (Å²) < 4.78 is 0. The Balaban J connectivity index is 3.54. The smallest absolute Gasteiger partial charge is 0.0494 e. The normalized spacial score (nSPS) is 14.6. The minimum absolute atomic E-state index is 0.00502. The van der Waals surface area contributed by atoms with E-state index in [1.54, 1.807) is 0 Å². The van der Waals surface area contributed by atoms with Gasteiger partial charge in [-0.15, -0.1) is 0 Å². The molecule has 92 valence electrons. The summed E-state index contributed by atoms with van der Waals surface area (Å²) in [5.41, 5.74) is -0.00502. The first-order valence-electron chi connectivity index (χ1n) is 5.94. The number of nitrogens with zero attached hydrogens (tertiary/aromatic N) is 1. The highest BCUT2D eigenvalue weighted by atomic mass is 16.3. The van der Waals surface area contributed by atoms with Crippen molar-refractivity contribution >= 4 is 0 Å². The maximum Gasteiger partial charge on any atom is 0.0494 e. The number of nitrogens with one attached hydrogen (secondary N) is 1. The lowest BCUT2D eigenvalue weighted by Crippen LogP contribution is -2.39. The van der Waals surface area contributed by atoms with Gasteiger partial charge < -0.3 is 15.3 Å². The highest BCUT2D eigenvalue weighted by molar-refractivity contribution is 4.70. The van der Waals surface area contributed by atoms with Gasteiger partial charge in [-0.2, -0.15) is 0 Å². The van der Waals surface area contributed by atoms with Crippen LogP contribution in [0.4, 0.5) is 0 Å². The Kier molecular flexibility index (Phi) is 7.14. The molecular weight excluding hydrogens is 188 g/mol. The van der Waals surface area contributed by atoms with Crippen LogP contribution in [0.2, 0.25) is 0 Å². The average molecular weight is 216 g/mol. The van der Waals surface area contributed by atoms with Crippen molar-refractivity contribution in [2.45, 2.75) is 40.2 Å². The van der Waals surface area contributed by atoms with E-state index in [9.17, 15) is 0 Å². The summed E-state index contributed by atoms with van der Waals surface area (Å²) in [5, 5.41) is 12.5. The lowest BCUT2D eigenvalue weighted by atomic mass is 9.95. The van der Waals surface area contributed by atoms with Gasteiger partial charge in [-0.25, -0.2) is 0 Å². The first kappa shape index (κ1) is 14.9. The fraction of sp³-hybridized carbons (Fsp3) is 1.00. The van der Waals surface area contributed by atoms with Crippen molar-refractivity contribution in [2.75, 3.05) is 33.3 Å². The molecule has 15 heavy (non-hydrogen) atoms. The van der Waals surface area contributed by atoms with Gasteiger partial charge in [0.2, 0.25) is 0 Å². The Labute approximate surface area is 94.9 Å². The van der Waals surface area contributed by atoms with E-state index in [2.05, 4.69) is 45.0 Å². The van der Waals surface area contributed by atoms with E-state index in [1.165, 1.54) is 6.42 Å². The molecule has 2 N–H and O–H groups in total. The Morgan fingerprint density at radius 3 is 2.47 bits per heavy atom. The van der Waals surface area contributed by atoms with E-state index in [0.717, 1.165) is 19.6 Å². The predicted octanol–water partition coefficient (Wildman–Crippen LogP) is 1.32. The maximum atomic E-state index is 9.08. The van der Waals surface area contributed by atoms with E-state index in [1.807, 2.05) is 0 Å². The molecule has 0 aromatic carbocycles. The third kappa shape index (κ3) is 6.88. The minimum Gasteiger partial charge on any atom is -0.396 e. The number of rotatable bonds is 8. The summed E-state index contributed by atoms with van der Waals surface area (Å²) in [6.45, 7) is 11.8. The molecule has 0 radical (unpaired) electrons. The van der Waals surface area contributed by atoms with Crippen LogP contribution in [0.5, 0.6) is 0 Å². The largest absolute Gasteiger partial charge is 0.396 e. The zero-order valence-electron chi connectivity index (χ0n) is 11.0. The summed E-state index contributed by atoms with van der Waals surface area (Å²) in [7, 11) is 2.16. The van der Waals surface area contributed by atoms with Gasteiger partial charge in [0, 0.05) is 37.7 Å². The van der Waals surface area contributed by atoms with Gasteiger partial charge in [0.05, 0.1) is 0 Å². The molecule has 0 saturated carbocycles. The molecular formula is C12H28N2O. The summed E-state index contributed by atoms with van der Waals surface area (Å²) in [5.74, 6) is 0. The van der Waals surface area contributed by atoms with Gasteiger partial charge in [-0.3, -0.25) is 0 Å². The molecule has 0 amide bonds. The number of aliphatic hydroxyl groups is 1. The van der Waals surface area contributed by atoms with Gasteiger partial charge in [0.1, 0.15) is 0 Å². The van der Waals surface area contributed by atoms with Crippen LogP contribution in [-0.2, 0) is 0 Å². The minimum atomic E-state index is -0.00502. The first-order valence-corrected chi connectivity index (χ1v) is 5.94. The fourth-order valence-electron chi connectivity index (χ4n) is 1.27. The second-order valence-electron chi connectivity index (χ2n) is 5.24. The predicted molar refractivity (Wildman–Crippen MR) is 66.1 cm³/mol. The van der Waals surface area contributed by atoms with Crippen LogP contribution >= 0.6 is 0 Å². The van der Waals surface area contributed by atoms with Crippen molar-refractivity contribution in [2.24, 2.45) is 5.41 Å². The van der Waals surface area contributed by atoms with Gasteiger partial charge in [0.25, 0.3) is 0 Å². The number of hydrogen-bond acceptors (Lipinski definition) is 3. The average Bonchev–Trinajstić information content (AvgIpc) is 2.22. The molecule has 1 atom stereocenters. The van der Waals surface area contributed by atoms with Crippen molar-refractivity contribution in [3.05, 3.63) is 0 Å². The van der Waals surface area contributed by atoms with E-state index >= 15 is 0 Å². The van der Waals surface area contributed by atoms with Crippen LogP contribution in [0.25, 0.3) is 0 Å². The van der Waals surface area contributed by atoms with Crippen molar-refractivity contribution in [3.8, 4) is 0 Å². The van der Waals surface area contributed by atoms with Crippen molar-refractivity contribution < 1.29 is 5.11 Å². The highest BCUT2D eigenvalue weighted by Crippen LogP contribution is 2.10. The molecule has 0 heterocycles. The van der Waals surface area contributed by atoms with Crippen LogP contribution in [0, 0.1) is 5.41 Å². The van der Waals surface area contributed by atoms with Crippen LogP contribution in [-0.4, -0.2) is 49.3 Å². The lowest BCUT2D eigenvalue weighted by molar-refractivity contribution is 0.154. The Morgan fingerprint density at radius 2 is 2.00 bits per heavy atom. The first-order chi connectivity index (χ1) is 6.93. The van der Waals surface area contributed by atoms with Gasteiger partial charge >= 0.3 is 0 Å². The molecule has 0 bridgehead atoms. The van der Waals surface area contributed by atoms with E-state index in [-0.39, 0.29) is 12.0 Å². The molecule has 0 rings (SSSR count). The second kappa shape index (κ2) is 7.20. The zero-order valence-corrected chi connectivity index (χ0v) is 11.0. The number of likely N-dealkylation sites (N-methyl/N-ethyl adjacent to an activating group) is 1. The monoisotopic (exact) mass is 216 g/mol. The molecule has 0 aliphatic rings. The van der Waals surface area contributed by atoms with E-state index in [4.69, 9.17) is 5.11 Å². The topological polar surface area (TPSA) is 35.5 Å². The Hall–Kier alpha value is -0.120. The lowest BCUT2D eigenvalue weighted by Gasteiger charge is -2.26. The number of aliphatic hydroxyl groups excluding tert-OH is 1. The molecule has 0 fully saturated rings. The Morgan fingerprint density at radius 1 is 1.40 bits per heavy atom. The van der Waals surface area contributed by atoms with E-state index in [0.29, 0.717) is 6.04 Å². The van der Waals surface area contributed by atoms with Crippen LogP contribution in [0.15, 0.2) is 0 Å². The number of hydrogen-bond donors (Lipinski definition) is 2. The third-order valence-corrected chi connectivity index (χ3v) is 3.02. The maximum absolute atomic E-state index is 9.08. The quantitative estimate of drug-likeness (QED) is 0.601. The van der Waals surface area contributed by atoms with Crippen LogP contribution in [0.3, 0.4) is 0 Å². The third-order valence-electron chi connectivity index (χ3n) is 3.02.